The predicted molar refractivity (Wildman–Crippen MR) is 58.9 cm³/mol. The zero-order valence-corrected chi connectivity index (χ0v) is 11.1. The molecule has 3 nitrogen and oxygen atoms in total. The van der Waals surface area contributed by atoms with Crippen LogP contribution in [0.25, 0.3) is 0 Å². The van der Waals surface area contributed by atoms with Crippen molar-refractivity contribution in [2.75, 3.05) is 0 Å². The molecular weight excluding hydrogens is 281 g/mol. The molecule has 0 radical (unpaired) electrons. The summed E-state index contributed by atoms with van der Waals surface area (Å²) in [5.41, 5.74) is 0. The normalized spacial score (nSPS) is 6.93. The first-order valence-electron chi connectivity index (χ1n) is 3.88. The van der Waals surface area contributed by atoms with Crippen molar-refractivity contribution < 1.29 is 33.9 Å². The third-order valence-corrected chi connectivity index (χ3v) is 1.05. The monoisotopic (exact) mass is 300 g/mol. The van der Waals surface area contributed by atoms with Crippen LogP contribution in [0.15, 0.2) is 12.2 Å². The maximum absolute atomic E-state index is 7.75. The second-order valence-electron chi connectivity index (χ2n) is 2.31. The minimum absolute atomic E-state index is 0. The van der Waals surface area contributed by atoms with Gasteiger partial charge >= 0.3 is 19.5 Å². The van der Waals surface area contributed by atoms with Gasteiger partial charge in [0.1, 0.15) is 0 Å². The maximum Gasteiger partial charge on any atom is 4.00 e. The van der Waals surface area contributed by atoms with Gasteiger partial charge in [0, 0.05) is 0 Å². The van der Waals surface area contributed by atoms with E-state index in [1.807, 2.05) is 0 Å². The Hall–Kier alpha value is -0.627. The summed E-state index contributed by atoms with van der Waals surface area (Å²) in [6, 6.07) is 0. The molecule has 0 aromatic carbocycles. The fraction of sp³-hybridized carbons (Fsp3) is 0.455. The minimum Gasteiger partial charge on any atom is -0.545 e. The predicted octanol–water partition coefficient (Wildman–Crippen LogP) is 2.13. The molecule has 0 atom stereocenters. The van der Waals surface area contributed by atoms with Crippen molar-refractivity contribution in [2.24, 2.45) is 0 Å². The van der Waals surface area contributed by atoms with E-state index in [0.717, 1.165) is 0 Å². The van der Waals surface area contributed by atoms with Gasteiger partial charge < -0.3 is 20.3 Å². The van der Waals surface area contributed by atoms with E-state index in [9.17, 15) is 0 Å². The van der Waals surface area contributed by atoms with E-state index in [-0.39, 0.29) is 19.5 Å². The van der Waals surface area contributed by atoms with Gasteiger partial charge in [-0.2, -0.15) is 20.3 Å². The van der Waals surface area contributed by atoms with Crippen molar-refractivity contribution >= 4 is 20.4 Å². The summed E-state index contributed by atoms with van der Waals surface area (Å²) in [5.74, 6) is 1.52. The molecule has 0 N–H and O–H groups in total. The summed E-state index contributed by atoms with van der Waals surface area (Å²) in [5, 5.41) is 0. The Morgan fingerprint density at radius 2 is 1.33 bits per heavy atom. The van der Waals surface area contributed by atoms with Crippen molar-refractivity contribution in [3.8, 4) is 0 Å². The Morgan fingerprint density at radius 1 is 1.00 bits per heavy atom. The van der Waals surface area contributed by atoms with Gasteiger partial charge in [0.2, 0.25) is 0 Å². The van der Waals surface area contributed by atoms with Gasteiger partial charge in [-0.05, 0) is 6.92 Å². The fourth-order valence-corrected chi connectivity index (χ4v) is 0.539. The molecule has 88 valence electrons. The first-order chi connectivity index (χ1) is 6.77. The Labute approximate surface area is 106 Å². The van der Waals surface area contributed by atoms with E-state index < -0.39 is 0 Å². The molecule has 0 aliphatic rings. The van der Waals surface area contributed by atoms with E-state index in [4.69, 9.17) is 14.4 Å². The van der Waals surface area contributed by atoms with Gasteiger partial charge in [0.15, 0.2) is 0 Å². The molecule has 0 spiro atoms. The molecule has 0 unspecified atom stereocenters. The molecule has 0 aromatic rings. The van der Waals surface area contributed by atoms with E-state index in [0.29, 0.717) is 0 Å². The summed E-state index contributed by atoms with van der Waals surface area (Å²) < 4.78 is 0. The molecular formula is C11H18O3Ru. The van der Waals surface area contributed by atoms with Crippen molar-refractivity contribution in [3.63, 3.8) is 0 Å². The summed E-state index contributed by atoms with van der Waals surface area (Å²) in [6.45, 7) is 16.2. The first kappa shape index (κ1) is 29.3. The maximum atomic E-state index is 7.75. The second-order valence-corrected chi connectivity index (χ2v) is 2.31. The summed E-state index contributed by atoms with van der Waals surface area (Å²) in [6.07, 6.45) is 6.75. The molecule has 0 saturated heterocycles. The number of rotatable bonds is 3. The minimum atomic E-state index is 0. The van der Waals surface area contributed by atoms with Crippen molar-refractivity contribution in [2.45, 2.75) is 33.6 Å². The standard InChI is InChI=1S/C8H15.3CHO.Ru/c1-4-5-6-7-8(2)3;3*1-2;/h4-5H,6-7H2,1-3H3;3*1H;/q4*-1;+4/b5-4+;;;;. The average Bonchev–Trinajstić information content (AvgIpc) is 2.27. The van der Waals surface area contributed by atoms with E-state index in [2.05, 4.69) is 53.3 Å². The van der Waals surface area contributed by atoms with Gasteiger partial charge in [0.05, 0.1) is 0 Å². The molecule has 0 aliphatic heterocycles. The molecule has 0 rings (SSSR count). The number of hydrogen-bond donors (Lipinski definition) is 0. The van der Waals surface area contributed by atoms with Crippen LogP contribution in [-0.4, -0.2) is 20.4 Å². The van der Waals surface area contributed by atoms with Gasteiger partial charge in [-0.3, -0.25) is 20.4 Å². The van der Waals surface area contributed by atoms with Crippen LogP contribution >= 0.6 is 0 Å². The zero-order chi connectivity index (χ0) is 12.4. The smallest absolute Gasteiger partial charge is 0.545 e. The molecule has 0 amide bonds. The molecule has 15 heavy (non-hydrogen) atoms. The Balaban J connectivity index is -0.0000000410. The van der Waals surface area contributed by atoms with Gasteiger partial charge in [-0.15, -0.1) is 0 Å². The van der Waals surface area contributed by atoms with E-state index in [1.54, 1.807) is 0 Å². The molecule has 0 heterocycles. The van der Waals surface area contributed by atoms with Crippen LogP contribution in [0, 0.1) is 5.92 Å². The van der Waals surface area contributed by atoms with Crippen molar-refractivity contribution in [3.05, 3.63) is 18.1 Å². The Kier molecular flexibility index (Phi) is 98.3. The molecule has 4 heteroatoms. The molecule has 0 aromatic heterocycles. The number of carbonyl (C=O) groups excluding carboxylic acids is 3. The van der Waals surface area contributed by atoms with Crippen LogP contribution in [0.5, 0.6) is 0 Å². The summed E-state index contributed by atoms with van der Waals surface area (Å²) in [4.78, 5) is 23.2. The van der Waals surface area contributed by atoms with Crippen LogP contribution in [-0.2, 0) is 33.9 Å². The largest absolute Gasteiger partial charge is 4.00 e. The van der Waals surface area contributed by atoms with Crippen molar-refractivity contribution in [1.82, 2.24) is 0 Å². The zero-order valence-electron chi connectivity index (χ0n) is 9.38. The second kappa shape index (κ2) is 50.4. The van der Waals surface area contributed by atoms with Gasteiger partial charge in [-0.1, -0.05) is 18.6 Å². The Morgan fingerprint density at radius 3 is 1.53 bits per heavy atom. The van der Waals surface area contributed by atoms with Crippen LogP contribution in [0.3, 0.4) is 0 Å². The molecule has 0 saturated carbocycles. The van der Waals surface area contributed by atoms with Crippen LogP contribution in [0.1, 0.15) is 33.6 Å². The fourth-order valence-electron chi connectivity index (χ4n) is 0.539. The van der Waals surface area contributed by atoms with E-state index >= 15 is 0 Å². The Bertz CT molecular complexity index is 101. The van der Waals surface area contributed by atoms with E-state index in [1.165, 1.54) is 18.8 Å². The van der Waals surface area contributed by atoms with Gasteiger partial charge in [0.25, 0.3) is 0 Å². The quantitative estimate of drug-likeness (QED) is 0.347. The summed E-state index contributed by atoms with van der Waals surface area (Å²) in [7, 11) is 0. The van der Waals surface area contributed by atoms with Gasteiger partial charge in [-0.25, -0.2) is 0 Å². The first-order valence-corrected chi connectivity index (χ1v) is 3.88. The van der Waals surface area contributed by atoms with Crippen LogP contribution in [0.2, 0.25) is 0 Å². The van der Waals surface area contributed by atoms with Crippen LogP contribution in [0.4, 0.5) is 0 Å². The summed E-state index contributed by atoms with van der Waals surface area (Å²) >= 11 is 0. The molecule has 0 aliphatic carbocycles. The third kappa shape index (κ3) is 90.4. The van der Waals surface area contributed by atoms with Crippen molar-refractivity contribution in [1.29, 1.82) is 0 Å². The average molecular weight is 299 g/mol. The topological polar surface area (TPSA) is 51.2 Å². The van der Waals surface area contributed by atoms with Crippen LogP contribution < -0.4 is 0 Å². The molecule has 0 bridgehead atoms. The number of allylic oxidation sites excluding steroid dienone is 2. The third-order valence-electron chi connectivity index (χ3n) is 1.05. The number of hydrogen-bond acceptors (Lipinski definition) is 3. The molecule has 0 fully saturated rings. The SMILES string of the molecule is C/C=C/CC[C-](C)C.[CH-]=O.[CH-]=O.[CH-]=O.[Ru+4].